The topological polar surface area (TPSA) is 71.4 Å². The Bertz CT molecular complexity index is 472. The molecule has 2 N–H and O–H groups in total. The zero-order valence-corrected chi connectivity index (χ0v) is 12.5. The Hall–Kier alpha value is -2.14. The Kier molecular flexibility index (Phi) is 7.82. The maximum atomic E-state index is 11.7. The first kappa shape index (κ1) is 16.9. The number of nitrogens with one attached hydrogen (secondary N) is 2. The average Bonchev–Trinajstić information content (AvgIpc) is 2.48. The second-order valence-electron chi connectivity index (χ2n) is 4.51. The van der Waals surface area contributed by atoms with Crippen molar-refractivity contribution in [3.8, 4) is 0 Å². The molecule has 0 unspecified atom stereocenters. The molecular weight excluding hydrogens is 268 g/mol. The lowest BCUT2D eigenvalue weighted by atomic mass is 10.2. The number of allylic oxidation sites excluding steroid dienone is 1. The summed E-state index contributed by atoms with van der Waals surface area (Å²) in [6.07, 6.45) is 2.43. The molecule has 0 radical (unpaired) electrons. The minimum Gasteiger partial charge on any atom is -0.461 e. The average molecular weight is 290 g/mol. The van der Waals surface area contributed by atoms with Crippen LogP contribution in [0.25, 0.3) is 0 Å². The van der Waals surface area contributed by atoms with Crippen LogP contribution in [0.2, 0.25) is 0 Å². The van der Waals surface area contributed by atoms with E-state index in [1.165, 1.54) is 6.08 Å². The quantitative estimate of drug-likeness (QED) is 0.416. The lowest BCUT2D eigenvalue weighted by molar-refractivity contribution is -0.139. The Morgan fingerprint density at radius 2 is 2.10 bits per heavy atom. The zero-order chi connectivity index (χ0) is 15.5. The van der Waals surface area contributed by atoms with Crippen LogP contribution in [0, 0.1) is 5.41 Å². The van der Waals surface area contributed by atoms with Crippen molar-refractivity contribution in [3.63, 3.8) is 0 Å². The second kappa shape index (κ2) is 9.72. The highest BCUT2D eigenvalue weighted by atomic mass is 16.5. The van der Waals surface area contributed by atoms with Crippen molar-refractivity contribution in [1.82, 2.24) is 5.32 Å². The van der Waals surface area contributed by atoms with Gasteiger partial charge in [-0.05, 0) is 25.5 Å². The molecule has 114 valence electrons. The molecule has 0 aliphatic heterocycles. The molecule has 1 atom stereocenters. The first-order chi connectivity index (χ1) is 10.2. The Balaban J connectivity index is 2.40. The van der Waals surface area contributed by atoms with Crippen molar-refractivity contribution in [1.29, 1.82) is 5.41 Å². The normalized spacial score (nSPS) is 12.6. The van der Waals surface area contributed by atoms with Gasteiger partial charge in [-0.15, -0.1) is 0 Å². The van der Waals surface area contributed by atoms with Gasteiger partial charge in [0.1, 0.15) is 5.70 Å². The van der Waals surface area contributed by atoms with Crippen LogP contribution in [0.1, 0.15) is 19.4 Å². The van der Waals surface area contributed by atoms with Gasteiger partial charge in [-0.1, -0.05) is 30.3 Å². The standard InChI is InChI=1S/C16H22N2O3/c1-3-21-16(19)15(9-10-17)18-13(2)11-20-12-14-7-5-4-6-8-14/h4-10,13,17-18H,3,11-12H2,1-2H3/b15-9-,17-10?/t13-/m0/s1. The third-order valence-corrected chi connectivity index (χ3v) is 2.63. The van der Waals surface area contributed by atoms with E-state index in [2.05, 4.69) is 5.32 Å². The van der Waals surface area contributed by atoms with E-state index < -0.39 is 5.97 Å². The van der Waals surface area contributed by atoms with Gasteiger partial charge in [0.15, 0.2) is 0 Å². The van der Waals surface area contributed by atoms with Gasteiger partial charge in [0.2, 0.25) is 0 Å². The van der Waals surface area contributed by atoms with E-state index in [-0.39, 0.29) is 11.7 Å². The van der Waals surface area contributed by atoms with Gasteiger partial charge in [-0.25, -0.2) is 4.79 Å². The number of carbonyl (C=O) groups is 1. The largest absolute Gasteiger partial charge is 0.461 e. The molecule has 1 aromatic carbocycles. The van der Waals surface area contributed by atoms with Gasteiger partial charge < -0.3 is 20.2 Å². The first-order valence-electron chi connectivity index (χ1n) is 6.93. The molecule has 5 heteroatoms. The number of rotatable bonds is 9. The van der Waals surface area contributed by atoms with Crippen LogP contribution in [0.4, 0.5) is 0 Å². The summed E-state index contributed by atoms with van der Waals surface area (Å²) < 4.78 is 10.5. The highest BCUT2D eigenvalue weighted by Crippen LogP contribution is 2.02. The highest BCUT2D eigenvalue weighted by Gasteiger charge is 2.12. The molecule has 21 heavy (non-hydrogen) atoms. The third-order valence-electron chi connectivity index (χ3n) is 2.63. The van der Waals surface area contributed by atoms with E-state index in [1.54, 1.807) is 6.92 Å². The predicted octanol–water partition coefficient (Wildman–Crippen LogP) is 2.28. The Morgan fingerprint density at radius 3 is 2.71 bits per heavy atom. The molecule has 0 amide bonds. The van der Waals surface area contributed by atoms with Gasteiger partial charge in [-0.3, -0.25) is 0 Å². The van der Waals surface area contributed by atoms with E-state index >= 15 is 0 Å². The van der Waals surface area contributed by atoms with Crippen molar-refractivity contribution in [3.05, 3.63) is 47.7 Å². The van der Waals surface area contributed by atoms with Gasteiger partial charge in [0.05, 0.1) is 19.8 Å². The zero-order valence-electron chi connectivity index (χ0n) is 12.5. The summed E-state index contributed by atoms with van der Waals surface area (Å²) in [6.45, 7) is 4.92. The Morgan fingerprint density at radius 1 is 1.38 bits per heavy atom. The molecule has 0 aliphatic carbocycles. The van der Waals surface area contributed by atoms with Crippen molar-refractivity contribution in [2.45, 2.75) is 26.5 Å². The Labute approximate surface area is 125 Å². The molecule has 0 saturated carbocycles. The lowest BCUT2D eigenvalue weighted by Gasteiger charge is -2.17. The van der Waals surface area contributed by atoms with Crippen molar-refractivity contribution >= 4 is 12.2 Å². The lowest BCUT2D eigenvalue weighted by Crippen LogP contribution is -2.34. The number of hydrogen-bond acceptors (Lipinski definition) is 5. The second-order valence-corrected chi connectivity index (χ2v) is 4.51. The molecule has 0 aliphatic rings. The van der Waals surface area contributed by atoms with Crippen molar-refractivity contribution in [2.75, 3.05) is 13.2 Å². The molecule has 0 fully saturated rings. The van der Waals surface area contributed by atoms with E-state index in [9.17, 15) is 4.79 Å². The molecule has 0 saturated heterocycles. The summed E-state index contributed by atoms with van der Waals surface area (Å²) in [5.74, 6) is -0.462. The van der Waals surface area contributed by atoms with Crippen LogP contribution in [0.3, 0.4) is 0 Å². The monoisotopic (exact) mass is 290 g/mol. The van der Waals surface area contributed by atoms with Crippen LogP contribution in [0.5, 0.6) is 0 Å². The third kappa shape index (κ3) is 6.72. The molecule has 0 heterocycles. The molecule has 5 nitrogen and oxygen atoms in total. The summed E-state index contributed by atoms with van der Waals surface area (Å²) in [4.78, 5) is 11.7. The summed E-state index contributed by atoms with van der Waals surface area (Å²) in [5.41, 5.74) is 1.37. The summed E-state index contributed by atoms with van der Waals surface area (Å²) in [6, 6.07) is 9.82. The molecule has 0 bridgehead atoms. The molecule has 0 aromatic heterocycles. The molecular formula is C16H22N2O3. The number of esters is 1. The van der Waals surface area contributed by atoms with Crippen LogP contribution >= 0.6 is 0 Å². The minimum absolute atomic E-state index is 0.0654. The number of carbonyl (C=O) groups excluding carboxylic acids is 1. The fraction of sp³-hybridized carbons (Fsp3) is 0.375. The van der Waals surface area contributed by atoms with E-state index in [4.69, 9.17) is 14.9 Å². The van der Waals surface area contributed by atoms with Gasteiger partial charge in [0, 0.05) is 12.3 Å². The predicted molar refractivity (Wildman–Crippen MR) is 82.2 cm³/mol. The van der Waals surface area contributed by atoms with Crippen molar-refractivity contribution < 1.29 is 14.3 Å². The minimum atomic E-state index is -0.462. The number of ether oxygens (including phenoxy) is 2. The number of benzene rings is 1. The molecule has 0 spiro atoms. The maximum absolute atomic E-state index is 11.7. The summed E-state index contributed by atoms with van der Waals surface area (Å²) in [5, 5.41) is 10.1. The van der Waals surface area contributed by atoms with E-state index in [0.29, 0.717) is 19.8 Å². The first-order valence-corrected chi connectivity index (χ1v) is 6.93. The highest BCUT2D eigenvalue weighted by molar-refractivity contribution is 5.92. The fourth-order valence-corrected chi connectivity index (χ4v) is 1.70. The van der Waals surface area contributed by atoms with Crippen molar-refractivity contribution in [2.24, 2.45) is 0 Å². The van der Waals surface area contributed by atoms with Crippen LogP contribution in [0.15, 0.2) is 42.1 Å². The van der Waals surface area contributed by atoms with Gasteiger partial charge >= 0.3 is 5.97 Å². The van der Waals surface area contributed by atoms with Crippen LogP contribution in [-0.2, 0) is 20.9 Å². The van der Waals surface area contributed by atoms with E-state index in [0.717, 1.165) is 11.8 Å². The summed E-state index contributed by atoms with van der Waals surface area (Å²) >= 11 is 0. The van der Waals surface area contributed by atoms with Gasteiger partial charge in [0.25, 0.3) is 0 Å². The smallest absolute Gasteiger partial charge is 0.354 e. The molecule has 1 aromatic rings. The van der Waals surface area contributed by atoms with E-state index in [1.807, 2.05) is 37.3 Å². The molecule has 1 rings (SSSR count). The number of hydrogen-bond donors (Lipinski definition) is 2. The SMILES string of the molecule is CCOC(=O)/C(=C/C=N)N[C@@H](C)COCc1ccccc1. The fourth-order valence-electron chi connectivity index (χ4n) is 1.70. The summed E-state index contributed by atoms with van der Waals surface area (Å²) in [7, 11) is 0. The maximum Gasteiger partial charge on any atom is 0.354 e. The van der Waals surface area contributed by atoms with Crippen LogP contribution < -0.4 is 5.32 Å². The van der Waals surface area contributed by atoms with Gasteiger partial charge in [-0.2, -0.15) is 0 Å². The van der Waals surface area contributed by atoms with Crippen LogP contribution in [-0.4, -0.2) is 31.4 Å².